The highest BCUT2D eigenvalue weighted by atomic mass is 19.4. The summed E-state index contributed by atoms with van der Waals surface area (Å²) >= 11 is 0. The van der Waals surface area contributed by atoms with Gasteiger partial charge < -0.3 is 0 Å². The van der Waals surface area contributed by atoms with E-state index < -0.39 is 35.5 Å². The van der Waals surface area contributed by atoms with Gasteiger partial charge in [-0.1, -0.05) is 6.07 Å². The summed E-state index contributed by atoms with van der Waals surface area (Å²) in [6.45, 7) is 1.98. The Hall–Kier alpha value is -2.65. The van der Waals surface area contributed by atoms with Gasteiger partial charge in [0, 0.05) is 6.92 Å². The second-order valence-corrected chi connectivity index (χ2v) is 4.86. The van der Waals surface area contributed by atoms with Crippen LogP contribution in [-0.2, 0) is 17.5 Å². The van der Waals surface area contributed by atoms with Gasteiger partial charge in [0.15, 0.2) is 11.6 Å². The second-order valence-electron chi connectivity index (χ2n) is 4.86. The number of rotatable bonds is 3. The number of anilines is 1. The number of benzene rings is 1. The van der Waals surface area contributed by atoms with Crippen molar-refractivity contribution in [1.29, 1.82) is 0 Å². The molecule has 128 valence electrons. The molecule has 1 aromatic heterocycles. The lowest BCUT2D eigenvalue weighted by Gasteiger charge is -2.20. The summed E-state index contributed by atoms with van der Waals surface area (Å²) in [7, 11) is 0. The normalized spacial score (nSPS) is 11.5. The van der Waals surface area contributed by atoms with Crippen LogP contribution in [0.25, 0.3) is 0 Å². The summed E-state index contributed by atoms with van der Waals surface area (Å²) in [6.07, 6.45) is -4.81. The van der Waals surface area contributed by atoms with Gasteiger partial charge in [0.1, 0.15) is 5.82 Å². The van der Waals surface area contributed by atoms with Gasteiger partial charge in [0.25, 0.3) is 0 Å². The van der Waals surface area contributed by atoms with E-state index in [1.165, 1.54) is 13.0 Å². The molecule has 0 bridgehead atoms. The number of amides is 1. The maximum Gasteiger partial charge on any atom is 0.451 e. The van der Waals surface area contributed by atoms with Crippen LogP contribution in [0.2, 0.25) is 0 Å². The number of alkyl halides is 3. The Morgan fingerprint density at radius 1 is 1.12 bits per heavy atom. The Morgan fingerprint density at radius 2 is 1.79 bits per heavy atom. The van der Waals surface area contributed by atoms with Crippen LogP contribution in [0.5, 0.6) is 0 Å². The molecule has 1 aromatic carbocycles. The Morgan fingerprint density at radius 3 is 2.33 bits per heavy atom. The van der Waals surface area contributed by atoms with E-state index in [0.29, 0.717) is 0 Å². The minimum atomic E-state index is -4.81. The summed E-state index contributed by atoms with van der Waals surface area (Å²) < 4.78 is 64.6. The first-order valence-electron chi connectivity index (χ1n) is 6.60. The molecule has 2 aromatic rings. The first-order valence-corrected chi connectivity index (χ1v) is 6.60. The zero-order valence-electron chi connectivity index (χ0n) is 12.5. The van der Waals surface area contributed by atoms with Crippen LogP contribution in [-0.4, -0.2) is 20.9 Å². The second kappa shape index (κ2) is 6.46. The highest BCUT2D eigenvalue weighted by Crippen LogP contribution is 2.27. The van der Waals surface area contributed by atoms with Gasteiger partial charge in [-0.25, -0.2) is 13.8 Å². The molecule has 24 heavy (non-hydrogen) atoms. The molecule has 2 rings (SSSR count). The van der Waals surface area contributed by atoms with Crippen LogP contribution in [0.15, 0.2) is 18.2 Å². The number of hydrogen-bond acceptors (Lipinski definition) is 4. The van der Waals surface area contributed by atoms with E-state index in [-0.39, 0.29) is 17.9 Å². The van der Waals surface area contributed by atoms with E-state index in [4.69, 9.17) is 0 Å². The van der Waals surface area contributed by atoms with Crippen molar-refractivity contribution in [3.8, 4) is 0 Å². The molecule has 5 nitrogen and oxygen atoms in total. The van der Waals surface area contributed by atoms with Crippen molar-refractivity contribution in [3.63, 3.8) is 0 Å². The van der Waals surface area contributed by atoms with Crippen LogP contribution < -0.4 is 4.90 Å². The van der Waals surface area contributed by atoms with E-state index in [0.717, 1.165) is 24.0 Å². The Bertz CT molecular complexity index is 778. The third-order valence-corrected chi connectivity index (χ3v) is 2.94. The average Bonchev–Trinajstić information content (AvgIpc) is 2.46. The van der Waals surface area contributed by atoms with E-state index in [2.05, 4.69) is 15.0 Å². The zero-order chi connectivity index (χ0) is 18.1. The van der Waals surface area contributed by atoms with Crippen molar-refractivity contribution >= 4 is 11.9 Å². The molecule has 0 N–H and O–H groups in total. The standard InChI is InChI=1S/C14H11F5N4O/c1-7-20-12(14(17,18)19)22-13(21-7)23(8(2)24)6-9-3-4-10(15)11(16)5-9/h3-5H,6H2,1-2H3. The van der Waals surface area contributed by atoms with Gasteiger partial charge >= 0.3 is 6.18 Å². The molecule has 1 amide bonds. The number of aryl methyl sites for hydroxylation is 1. The first-order chi connectivity index (χ1) is 11.1. The maximum absolute atomic E-state index is 13.2. The number of hydrogen-bond donors (Lipinski definition) is 0. The quantitative estimate of drug-likeness (QED) is 0.802. The fourth-order valence-electron chi connectivity index (χ4n) is 1.86. The van der Waals surface area contributed by atoms with Crippen LogP contribution in [0.1, 0.15) is 24.1 Å². The first kappa shape index (κ1) is 17.7. The molecule has 1 heterocycles. The highest BCUT2D eigenvalue weighted by molar-refractivity contribution is 5.89. The molecule has 0 unspecified atom stereocenters. The summed E-state index contributed by atoms with van der Waals surface area (Å²) in [4.78, 5) is 22.7. The molecule has 0 fully saturated rings. The smallest absolute Gasteiger partial charge is 0.276 e. The summed E-state index contributed by atoms with van der Waals surface area (Å²) in [5, 5.41) is 0. The van der Waals surface area contributed by atoms with Crippen LogP contribution in [0.4, 0.5) is 27.9 Å². The number of nitrogens with zero attached hydrogens (tertiary/aromatic N) is 4. The average molecular weight is 346 g/mol. The minimum absolute atomic E-state index is 0.163. The largest absolute Gasteiger partial charge is 0.451 e. The molecule has 0 saturated heterocycles. The van der Waals surface area contributed by atoms with Crippen molar-refractivity contribution in [2.24, 2.45) is 0 Å². The molecule has 0 aliphatic carbocycles. The van der Waals surface area contributed by atoms with Crippen molar-refractivity contribution in [2.75, 3.05) is 4.90 Å². The maximum atomic E-state index is 13.2. The Kier molecular flexibility index (Phi) is 4.76. The van der Waals surface area contributed by atoms with Crippen LogP contribution in [0.3, 0.4) is 0 Å². The minimum Gasteiger partial charge on any atom is -0.276 e. The van der Waals surface area contributed by atoms with Crippen LogP contribution in [0, 0.1) is 18.6 Å². The van der Waals surface area contributed by atoms with Crippen molar-refractivity contribution in [2.45, 2.75) is 26.6 Å². The molecule has 0 saturated carbocycles. The third-order valence-electron chi connectivity index (χ3n) is 2.94. The fourth-order valence-corrected chi connectivity index (χ4v) is 1.86. The summed E-state index contributed by atoms with van der Waals surface area (Å²) in [5.74, 6) is -5.08. The lowest BCUT2D eigenvalue weighted by molar-refractivity contribution is -0.145. The third kappa shape index (κ3) is 4.00. The molecule has 0 spiro atoms. The van der Waals surface area contributed by atoms with Crippen molar-refractivity contribution in [3.05, 3.63) is 47.0 Å². The Labute approximate surface area is 133 Å². The predicted molar refractivity (Wildman–Crippen MR) is 72.8 cm³/mol. The number of carbonyl (C=O) groups is 1. The van der Waals surface area contributed by atoms with Gasteiger partial charge in [0.05, 0.1) is 6.54 Å². The molecule has 0 aliphatic heterocycles. The lowest BCUT2D eigenvalue weighted by Crippen LogP contribution is -2.31. The fraction of sp³-hybridized carbons (Fsp3) is 0.286. The molecule has 0 aliphatic rings. The van der Waals surface area contributed by atoms with Gasteiger partial charge in [-0.05, 0) is 24.6 Å². The zero-order valence-corrected chi connectivity index (χ0v) is 12.5. The molecule has 0 atom stereocenters. The lowest BCUT2D eigenvalue weighted by atomic mass is 10.2. The molecule has 10 heteroatoms. The van der Waals surface area contributed by atoms with E-state index >= 15 is 0 Å². The van der Waals surface area contributed by atoms with Crippen molar-refractivity contribution < 1.29 is 26.7 Å². The van der Waals surface area contributed by atoms with Crippen molar-refractivity contribution in [1.82, 2.24) is 15.0 Å². The van der Waals surface area contributed by atoms with E-state index in [1.807, 2.05) is 0 Å². The molecular formula is C14H11F5N4O. The highest BCUT2D eigenvalue weighted by Gasteiger charge is 2.36. The van der Waals surface area contributed by atoms with Gasteiger partial charge in [-0.15, -0.1) is 0 Å². The Balaban J connectivity index is 2.42. The number of carbonyl (C=O) groups excluding carboxylic acids is 1. The van der Waals surface area contributed by atoms with Gasteiger partial charge in [0.2, 0.25) is 17.7 Å². The van der Waals surface area contributed by atoms with Gasteiger partial charge in [-0.2, -0.15) is 23.1 Å². The summed E-state index contributed by atoms with van der Waals surface area (Å²) in [6, 6.07) is 2.89. The number of halogens is 5. The monoisotopic (exact) mass is 346 g/mol. The molecular weight excluding hydrogens is 335 g/mol. The topological polar surface area (TPSA) is 59.0 Å². The summed E-state index contributed by atoms with van der Waals surface area (Å²) in [5.41, 5.74) is 0.163. The van der Waals surface area contributed by atoms with E-state index in [1.54, 1.807) is 0 Å². The van der Waals surface area contributed by atoms with E-state index in [9.17, 15) is 26.7 Å². The molecule has 0 radical (unpaired) electrons. The number of aromatic nitrogens is 3. The van der Waals surface area contributed by atoms with Gasteiger partial charge in [-0.3, -0.25) is 9.69 Å². The predicted octanol–water partition coefficient (Wildman–Crippen LogP) is 3.03. The SMILES string of the molecule is CC(=O)N(Cc1ccc(F)c(F)c1)c1nc(C)nc(C(F)(F)F)n1. The van der Waals surface area contributed by atoms with Crippen LogP contribution >= 0.6 is 0 Å².